The van der Waals surface area contributed by atoms with E-state index in [0.29, 0.717) is 0 Å². The third kappa shape index (κ3) is 1.94. The lowest BCUT2D eigenvalue weighted by Gasteiger charge is -2.34. The molecule has 1 N–H and O–H groups in total. The fourth-order valence-electron chi connectivity index (χ4n) is 1.84. The summed E-state index contributed by atoms with van der Waals surface area (Å²) in [6.07, 6.45) is 4.12. The van der Waals surface area contributed by atoms with E-state index in [4.69, 9.17) is 4.74 Å². The predicted octanol–water partition coefficient (Wildman–Crippen LogP) is 1.17. The average Bonchev–Trinajstić information content (AvgIpc) is 2.72. The summed E-state index contributed by atoms with van der Waals surface area (Å²) in [6, 6.07) is 0. The molecule has 2 heteroatoms. The van der Waals surface area contributed by atoms with Crippen LogP contribution in [0.3, 0.4) is 0 Å². The molecule has 1 atom stereocenters. The fraction of sp³-hybridized carbons (Fsp3) is 1.00. The molecule has 0 spiro atoms. The Hall–Kier alpha value is -0.0800. The highest BCUT2D eigenvalue weighted by Gasteiger charge is 2.35. The molecule has 64 valence electrons. The Morgan fingerprint density at radius 3 is 2.91 bits per heavy atom. The molecule has 1 aliphatic carbocycles. The number of nitrogens with one attached hydrogen (secondary N) is 1. The second kappa shape index (κ2) is 2.76. The zero-order valence-electron chi connectivity index (χ0n) is 7.23. The smallest absolute Gasteiger partial charge is 0.0781 e. The number of ether oxygens (including phenoxy) is 1. The first-order chi connectivity index (χ1) is 5.29. The monoisotopic (exact) mass is 155 g/mol. The zero-order chi connectivity index (χ0) is 7.73. The van der Waals surface area contributed by atoms with Crippen LogP contribution in [0.15, 0.2) is 0 Å². The van der Waals surface area contributed by atoms with Crippen molar-refractivity contribution >= 4 is 0 Å². The van der Waals surface area contributed by atoms with E-state index in [9.17, 15) is 0 Å². The maximum absolute atomic E-state index is 5.75. The molecule has 2 rings (SSSR count). The molecule has 0 radical (unpaired) electrons. The minimum atomic E-state index is 0.152. The molecule has 2 nitrogen and oxygen atoms in total. The van der Waals surface area contributed by atoms with Crippen LogP contribution in [0.25, 0.3) is 0 Å². The highest BCUT2D eigenvalue weighted by molar-refractivity contribution is 4.88. The van der Waals surface area contributed by atoms with Crippen molar-refractivity contribution in [3.63, 3.8) is 0 Å². The van der Waals surface area contributed by atoms with Gasteiger partial charge in [-0.05, 0) is 19.3 Å². The Morgan fingerprint density at radius 2 is 2.36 bits per heavy atom. The van der Waals surface area contributed by atoms with Gasteiger partial charge in [-0.1, -0.05) is 12.8 Å². The fourth-order valence-corrected chi connectivity index (χ4v) is 1.84. The topological polar surface area (TPSA) is 21.3 Å². The van der Waals surface area contributed by atoms with Gasteiger partial charge in [-0.3, -0.25) is 0 Å². The number of hydrogen-bond acceptors (Lipinski definition) is 2. The Balaban J connectivity index is 1.84. The van der Waals surface area contributed by atoms with Crippen LogP contribution in [-0.4, -0.2) is 25.3 Å². The molecule has 0 aromatic heterocycles. The van der Waals surface area contributed by atoms with Crippen LogP contribution in [0.2, 0.25) is 0 Å². The minimum absolute atomic E-state index is 0.152. The van der Waals surface area contributed by atoms with E-state index >= 15 is 0 Å². The van der Waals surface area contributed by atoms with E-state index in [1.54, 1.807) is 0 Å². The summed E-state index contributed by atoms with van der Waals surface area (Å²) in [5.74, 6) is 0.972. The van der Waals surface area contributed by atoms with Crippen LogP contribution >= 0.6 is 0 Å². The highest BCUT2D eigenvalue weighted by Crippen LogP contribution is 2.38. The molecule has 0 bridgehead atoms. The van der Waals surface area contributed by atoms with Gasteiger partial charge in [-0.25, -0.2) is 0 Å². The SMILES string of the molecule is CC1(CC2CC2)CNCCO1. The number of rotatable bonds is 2. The summed E-state index contributed by atoms with van der Waals surface area (Å²) in [6.45, 7) is 5.20. The Labute approximate surface area is 68.3 Å². The molecule has 2 aliphatic rings. The van der Waals surface area contributed by atoms with Crippen LogP contribution in [0.5, 0.6) is 0 Å². The molecular formula is C9H17NO. The average molecular weight is 155 g/mol. The van der Waals surface area contributed by atoms with Crippen molar-refractivity contribution < 1.29 is 4.74 Å². The Kier molecular flexibility index (Phi) is 1.90. The summed E-state index contributed by atoms with van der Waals surface area (Å²) in [5.41, 5.74) is 0.152. The predicted molar refractivity (Wildman–Crippen MR) is 44.6 cm³/mol. The lowest BCUT2D eigenvalue weighted by Crippen LogP contribution is -2.47. The first-order valence-corrected chi connectivity index (χ1v) is 4.63. The van der Waals surface area contributed by atoms with Crippen molar-refractivity contribution in [1.82, 2.24) is 5.32 Å². The van der Waals surface area contributed by atoms with Crippen LogP contribution < -0.4 is 5.32 Å². The van der Waals surface area contributed by atoms with Crippen LogP contribution in [-0.2, 0) is 4.74 Å². The highest BCUT2D eigenvalue weighted by atomic mass is 16.5. The van der Waals surface area contributed by atoms with Crippen molar-refractivity contribution in [3.8, 4) is 0 Å². The summed E-state index contributed by atoms with van der Waals surface area (Å²) in [5, 5.41) is 3.38. The normalized spacial score (nSPS) is 39.0. The van der Waals surface area contributed by atoms with E-state index in [-0.39, 0.29) is 5.60 Å². The maximum Gasteiger partial charge on any atom is 0.0781 e. The lowest BCUT2D eigenvalue weighted by atomic mass is 9.98. The molecular weight excluding hydrogens is 138 g/mol. The molecule has 1 heterocycles. The van der Waals surface area contributed by atoms with Crippen molar-refractivity contribution in [2.24, 2.45) is 5.92 Å². The number of hydrogen-bond donors (Lipinski definition) is 1. The van der Waals surface area contributed by atoms with E-state index < -0.39 is 0 Å². The summed E-state index contributed by atoms with van der Waals surface area (Å²) < 4.78 is 5.75. The van der Waals surface area contributed by atoms with Crippen LogP contribution in [0.4, 0.5) is 0 Å². The minimum Gasteiger partial charge on any atom is -0.373 e. The van der Waals surface area contributed by atoms with Crippen LogP contribution in [0.1, 0.15) is 26.2 Å². The summed E-state index contributed by atoms with van der Waals surface area (Å²) in [4.78, 5) is 0. The van der Waals surface area contributed by atoms with Crippen LogP contribution in [0, 0.1) is 5.92 Å². The molecule has 0 aromatic rings. The van der Waals surface area contributed by atoms with Crippen molar-refractivity contribution in [3.05, 3.63) is 0 Å². The van der Waals surface area contributed by atoms with Gasteiger partial charge >= 0.3 is 0 Å². The molecule has 1 unspecified atom stereocenters. The third-order valence-corrected chi connectivity index (χ3v) is 2.65. The third-order valence-electron chi connectivity index (χ3n) is 2.65. The molecule has 1 saturated carbocycles. The maximum atomic E-state index is 5.75. The van der Waals surface area contributed by atoms with Gasteiger partial charge in [0.15, 0.2) is 0 Å². The Bertz CT molecular complexity index is 136. The van der Waals surface area contributed by atoms with E-state index in [1.165, 1.54) is 19.3 Å². The molecule has 0 amide bonds. The largest absolute Gasteiger partial charge is 0.373 e. The first kappa shape index (κ1) is 7.56. The molecule has 0 aromatic carbocycles. The van der Waals surface area contributed by atoms with E-state index in [1.807, 2.05) is 0 Å². The molecule has 1 saturated heterocycles. The first-order valence-electron chi connectivity index (χ1n) is 4.63. The van der Waals surface area contributed by atoms with Crippen molar-refractivity contribution in [1.29, 1.82) is 0 Å². The van der Waals surface area contributed by atoms with Crippen molar-refractivity contribution in [2.75, 3.05) is 19.7 Å². The van der Waals surface area contributed by atoms with Gasteiger partial charge in [0.05, 0.1) is 12.2 Å². The second-order valence-electron chi connectivity index (χ2n) is 4.12. The quantitative estimate of drug-likeness (QED) is 0.646. The van der Waals surface area contributed by atoms with Gasteiger partial charge in [-0.2, -0.15) is 0 Å². The van der Waals surface area contributed by atoms with Gasteiger partial charge in [0, 0.05) is 13.1 Å². The zero-order valence-corrected chi connectivity index (χ0v) is 7.23. The molecule has 2 fully saturated rings. The summed E-state index contributed by atoms with van der Waals surface area (Å²) >= 11 is 0. The Morgan fingerprint density at radius 1 is 1.55 bits per heavy atom. The van der Waals surface area contributed by atoms with E-state index in [0.717, 1.165) is 25.6 Å². The standard InChI is InChI=1S/C9H17NO/c1-9(6-8-2-3-8)7-10-4-5-11-9/h8,10H,2-7H2,1H3. The van der Waals surface area contributed by atoms with E-state index in [2.05, 4.69) is 12.2 Å². The molecule has 1 aliphatic heterocycles. The van der Waals surface area contributed by atoms with Gasteiger partial charge in [-0.15, -0.1) is 0 Å². The van der Waals surface area contributed by atoms with Gasteiger partial charge in [0.25, 0.3) is 0 Å². The summed E-state index contributed by atoms with van der Waals surface area (Å²) in [7, 11) is 0. The van der Waals surface area contributed by atoms with Gasteiger partial charge < -0.3 is 10.1 Å². The van der Waals surface area contributed by atoms with Crippen molar-refractivity contribution in [2.45, 2.75) is 31.8 Å². The van der Waals surface area contributed by atoms with Gasteiger partial charge in [0.2, 0.25) is 0 Å². The number of morpholine rings is 1. The molecule has 11 heavy (non-hydrogen) atoms. The second-order valence-corrected chi connectivity index (χ2v) is 4.12. The lowest BCUT2D eigenvalue weighted by molar-refractivity contribution is -0.0609. The van der Waals surface area contributed by atoms with Gasteiger partial charge in [0.1, 0.15) is 0 Å².